The Hall–Kier alpha value is -3.52. The second-order valence-electron chi connectivity index (χ2n) is 8.99. The number of phenols is 1. The highest BCUT2D eigenvalue weighted by atomic mass is 16.5. The molecule has 0 aliphatic heterocycles. The summed E-state index contributed by atoms with van der Waals surface area (Å²) < 4.78 is 6.04. The fraction of sp³-hybridized carbons (Fsp3) is 0.200. The Bertz CT molecular complexity index is 1270. The molecule has 1 N–H and O–H groups in total. The molecule has 4 aromatic carbocycles. The van der Waals surface area contributed by atoms with Crippen molar-refractivity contribution in [1.82, 2.24) is 0 Å². The third-order valence-corrected chi connectivity index (χ3v) is 6.55. The van der Waals surface area contributed by atoms with E-state index in [0.29, 0.717) is 5.75 Å². The number of phenolic OH excluding ortho intramolecular Hbond substituents is 1. The van der Waals surface area contributed by atoms with Gasteiger partial charge in [0.05, 0.1) is 11.5 Å². The van der Waals surface area contributed by atoms with Gasteiger partial charge in [-0.15, -0.1) is 0 Å². The van der Waals surface area contributed by atoms with Crippen molar-refractivity contribution >= 4 is 0 Å². The van der Waals surface area contributed by atoms with Crippen molar-refractivity contribution in [1.29, 1.82) is 0 Å². The van der Waals surface area contributed by atoms with E-state index in [1.54, 1.807) is 0 Å². The normalized spacial score (nSPS) is 13.7. The van der Waals surface area contributed by atoms with Gasteiger partial charge in [-0.05, 0) is 84.3 Å². The molecule has 0 saturated carbocycles. The summed E-state index contributed by atoms with van der Waals surface area (Å²) in [5, 5.41) is 10.3. The smallest absolute Gasteiger partial charge is 0.122 e. The third-order valence-electron chi connectivity index (χ3n) is 6.55. The summed E-state index contributed by atoms with van der Waals surface area (Å²) in [6.45, 7) is 8.18. The standard InChI is InChI=1S/C30H28O2/c1-19(2)32-29-16-14-23(18-21(29)4)30(22-13-15-28(31)20(3)17-22)26-11-7-5-9-24(26)25-10-6-8-12-27(25)30/h5-19,31H,1-4H3. The number of hydrogen-bond donors (Lipinski definition) is 1. The van der Waals surface area contributed by atoms with Crippen LogP contribution in [0.25, 0.3) is 11.1 Å². The van der Waals surface area contributed by atoms with Crippen LogP contribution in [0.3, 0.4) is 0 Å². The Balaban J connectivity index is 1.87. The Labute approximate surface area is 190 Å². The predicted molar refractivity (Wildman–Crippen MR) is 131 cm³/mol. The van der Waals surface area contributed by atoms with Crippen molar-refractivity contribution < 1.29 is 9.84 Å². The lowest BCUT2D eigenvalue weighted by atomic mass is 9.67. The molecule has 1 aliphatic carbocycles. The first-order chi connectivity index (χ1) is 15.4. The Kier molecular flexibility index (Phi) is 4.82. The molecule has 5 rings (SSSR count). The molecule has 1 aliphatic rings. The molecule has 2 nitrogen and oxygen atoms in total. The molecule has 0 heterocycles. The van der Waals surface area contributed by atoms with Crippen molar-refractivity contribution in [3.8, 4) is 22.6 Å². The number of hydrogen-bond acceptors (Lipinski definition) is 2. The predicted octanol–water partition coefficient (Wildman–Crippen LogP) is 7.16. The lowest BCUT2D eigenvalue weighted by Gasteiger charge is -2.34. The summed E-state index contributed by atoms with van der Waals surface area (Å²) in [5.74, 6) is 1.24. The Morgan fingerprint density at radius 1 is 0.688 bits per heavy atom. The zero-order valence-corrected chi connectivity index (χ0v) is 19.0. The summed E-state index contributed by atoms with van der Waals surface area (Å²) in [6.07, 6.45) is 0.126. The summed E-state index contributed by atoms with van der Waals surface area (Å²) in [5.41, 5.74) is 8.94. The van der Waals surface area contributed by atoms with Gasteiger partial charge >= 0.3 is 0 Å². The molecule has 0 amide bonds. The average Bonchev–Trinajstić information content (AvgIpc) is 3.08. The number of fused-ring (bicyclic) bond motifs is 3. The quantitative estimate of drug-likeness (QED) is 0.334. The van der Waals surface area contributed by atoms with Crippen LogP contribution in [0, 0.1) is 13.8 Å². The Morgan fingerprint density at radius 3 is 1.75 bits per heavy atom. The highest BCUT2D eigenvalue weighted by molar-refractivity contribution is 5.86. The van der Waals surface area contributed by atoms with Crippen LogP contribution in [-0.4, -0.2) is 11.2 Å². The summed E-state index contributed by atoms with van der Waals surface area (Å²) in [7, 11) is 0. The topological polar surface area (TPSA) is 29.5 Å². The van der Waals surface area contributed by atoms with Gasteiger partial charge < -0.3 is 9.84 Å². The number of ether oxygens (including phenoxy) is 1. The first kappa shape index (κ1) is 20.4. The first-order valence-electron chi connectivity index (χ1n) is 11.2. The van der Waals surface area contributed by atoms with Gasteiger partial charge in [0.1, 0.15) is 11.5 Å². The van der Waals surface area contributed by atoms with Crippen molar-refractivity contribution in [2.45, 2.75) is 39.2 Å². The minimum atomic E-state index is -0.466. The van der Waals surface area contributed by atoms with Crippen LogP contribution < -0.4 is 4.74 Å². The van der Waals surface area contributed by atoms with Gasteiger partial charge in [0.15, 0.2) is 0 Å². The molecular weight excluding hydrogens is 392 g/mol. The van der Waals surface area contributed by atoms with E-state index in [4.69, 9.17) is 4.74 Å². The molecule has 4 aromatic rings. The number of benzene rings is 4. The van der Waals surface area contributed by atoms with Crippen molar-refractivity contribution in [2.75, 3.05) is 0 Å². The lowest BCUT2D eigenvalue weighted by molar-refractivity contribution is 0.240. The van der Waals surface area contributed by atoms with E-state index in [1.165, 1.54) is 27.8 Å². The fourth-order valence-electron chi connectivity index (χ4n) is 5.18. The summed E-state index contributed by atoms with van der Waals surface area (Å²) >= 11 is 0. The SMILES string of the molecule is Cc1cc(C2(c3ccc(OC(C)C)c(C)c3)c3ccccc3-c3ccccc32)ccc1O. The molecule has 0 bridgehead atoms. The maximum Gasteiger partial charge on any atom is 0.122 e. The summed E-state index contributed by atoms with van der Waals surface area (Å²) in [4.78, 5) is 0. The first-order valence-corrected chi connectivity index (χ1v) is 11.2. The van der Waals surface area contributed by atoms with Crippen LogP contribution in [0.2, 0.25) is 0 Å². The zero-order chi connectivity index (χ0) is 22.5. The lowest BCUT2D eigenvalue weighted by Crippen LogP contribution is -2.29. The van der Waals surface area contributed by atoms with E-state index in [-0.39, 0.29) is 6.10 Å². The van der Waals surface area contributed by atoms with Crippen molar-refractivity contribution in [3.63, 3.8) is 0 Å². The molecule has 0 spiro atoms. The molecule has 0 saturated heterocycles. The van der Waals surface area contributed by atoms with Crippen molar-refractivity contribution in [3.05, 3.63) is 118 Å². The highest BCUT2D eigenvalue weighted by Gasteiger charge is 2.46. The zero-order valence-electron chi connectivity index (χ0n) is 19.0. The molecule has 0 aromatic heterocycles. The third kappa shape index (κ3) is 2.94. The van der Waals surface area contributed by atoms with Gasteiger partial charge in [-0.1, -0.05) is 72.8 Å². The molecule has 160 valence electrons. The van der Waals surface area contributed by atoms with E-state index >= 15 is 0 Å². The molecule has 32 heavy (non-hydrogen) atoms. The van der Waals surface area contributed by atoms with E-state index in [1.807, 2.05) is 13.0 Å². The largest absolute Gasteiger partial charge is 0.508 e. The molecule has 2 heteroatoms. The number of aryl methyl sites for hydroxylation is 2. The monoisotopic (exact) mass is 420 g/mol. The van der Waals surface area contributed by atoms with E-state index < -0.39 is 5.41 Å². The van der Waals surface area contributed by atoms with Crippen LogP contribution in [0.4, 0.5) is 0 Å². The van der Waals surface area contributed by atoms with Gasteiger partial charge in [-0.25, -0.2) is 0 Å². The maximum atomic E-state index is 10.3. The molecule has 0 unspecified atom stereocenters. The minimum absolute atomic E-state index is 0.126. The number of aromatic hydroxyl groups is 1. The minimum Gasteiger partial charge on any atom is -0.508 e. The van der Waals surface area contributed by atoms with Gasteiger partial charge in [0.25, 0.3) is 0 Å². The second-order valence-corrected chi connectivity index (χ2v) is 8.99. The van der Waals surface area contributed by atoms with Crippen LogP contribution >= 0.6 is 0 Å². The van der Waals surface area contributed by atoms with Gasteiger partial charge in [0, 0.05) is 0 Å². The second kappa shape index (κ2) is 7.56. The number of rotatable bonds is 4. The van der Waals surface area contributed by atoms with E-state index in [9.17, 15) is 5.11 Å². The van der Waals surface area contributed by atoms with Crippen molar-refractivity contribution in [2.24, 2.45) is 0 Å². The molecule has 0 fully saturated rings. The van der Waals surface area contributed by atoms with E-state index in [0.717, 1.165) is 22.4 Å². The molecule has 0 atom stereocenters. The van der Waals surface area contributed by atoms with Crippen LogP contribution in [-0.2, 0) is 5.41 Å². The van der Waals surface area contributed by atoms with Crippen LogP contribution in [0.15, 0.2) is 84.9 Å². The maximum absolute atomic E-state index is 10.3. The fourth-order valence-corrected chi connectivity index (χ4v) is 5.18. The van der Waals surface area contributed by atoms with E-state index in [2.05, 4.69) is 99.6 Å². The van der Waals surface area contributed by atoms with Crippen LogP contribution in [0.1, 0.15) is 47.2 Å². The molecule has 0 radical (unpaired) electrons. The van der Waals surface area contributed by atoms with Gasteiger partial charge in [0.2, 0.25) is 0 Å². The Morgan fingerprint density at radius 2 is 1.22 bits per heavy atom. The molecular formula is C30H28O2. The average molecular weight is 421 g/mol. The van der Waals surface area contributed by atoms with Gasteiger partial charge in [-0.3, -0.25) is 0 Å². The van der Waals surface area contributed by atoms with Crippen LogP contribution in [0.5, 0.6) is 11.5 Å². The summed E-state index contributed by atoms with van der Waals surface area (Å²) in [6, 6.07) is 29.9. The van der Waals surface area contributed by atoms with Gasteiger partial charge in [-0.2, -0.15) is 0 Å². The highest BCUT2D eigenvalue weighted by Crippen LogP contribution is 2.56.